The molecule has 1 aromatic carbocycles. The number of nitrogens with one attached hydrogen (secondary N) is 1. The van der Waals surface area contributed by atoms with E-state index in [0.717, 1.165) is 10.0 Å². The minimum Gasteiger partial charge on any atom is -0.362 e. The fraction of sp³-hybridized carbons (Fsp3) is 0.167. The highest BCUT2D eigenvalue weighted by Gasteiger charge is 2.08. The number of anilines is 1. The summed E-state index contributed by atoms with van der Waals surface area (Å²) in [5.41, 5.74) is 1.16. The molecule has 0 amide bonds. The van der Waals surface area contributed by atoms with Gasteiger partial charge < -0.3 is 5.32 Å². The summed E-state index contributed by atoms with van der Waals surface area (Å²) < 4.78 is 1.05. The second-order valence-corrected chi connectivity index (χ2v) is 4.96. The molecular formula is C12H11BrClN3. The maximum atomic E-state index is 5.99. The number of nitrogens with zero attached hydrogens (tertiary/aromatic N) is 2. The smallest absolute Gasteiger partial charge is 0.148 e. The predicted octanol–water partition coefficient (Wildman–Crippen LogP) is 4.07. The van der Waals surface area contributed by atoms with Gasteiger partial charge in [0.15, 0.2) is 0 Å². The van der Waals surface area contributed by atoms with Crippen LogP contribution >= 0.6 is 27.5 Å². The van der Waals surface area contributed by atoms with Crippen LogP contribution in [0.25, 0.3) is 0 Å². The zero-order valence-corrected chi connectivity index (χ0v) is 11.5. The molecule has 3 nitrogen and oxygen atoms in total. The number of halogens is 2. The van der Waals surface area contributed by atoms with Gasteiger partial charge in [-0.25, -0.2) is 9.97 Å². The van der Waals surface area contributed by atoms with Gasteiger partial charge in [0.25, 0.3) is 0 Å². The molecule has 88 valence electrons. The van der Waals surface area contributed by atoms with Crippen molar-refractivity contribution in [1.82, 2.24) is 9.97 Å². The quantitative estimate of drug-likeness (QED) is 0.928. The van der Waals surface area contributed by atoms with Gasteiger partial charge in [-0.2, -0.15) is 0 Å². The van der Waals surface area contributed by atoms with Crippen LogP contribution in [-0.4, -0.2) is 9.97 Å². The monoisotopic (exact) mass is 311 g/mol. The third-order valence-electron chi connectivity index (χ3n) is 2.37. The Hall–Kier alpha value is -1.13. The van der Waals surface area contributed by atoms with Gasteiger partial charge in [-0.1, -0.05) is 39.7 Å². The molecule has 1 unspecified atom stereocenters. The molecule has 17 heavy (non-hydrogen) atoms. The minimum atomic E-state index is 0.125. The van der Waals surface area contributed by atoms with Crippen LogP contribution < -0.4 is 5.32 Å². The van der Waals surface area contributed by atoms with Gasteiger partial charge >= 0.3 is 0 Å². The Kier molecular flexibility index (Phi) is 3.97. The molecule has 5 heteroatoms. The molecule has 1 aromatic heterocycles. The zero-order valence-electron chi connectivity index (χ0n) is 9.19. The van der Waals surface area contributed by atoms with Crippen molar-refractivity contribution in [3.8, 4) is 0 Å². The van der Waals surface area contributed by atoms with Gasteiger partial charge in [-0.15, -0.1) is 0 Å². The third kappa shape index (κ3) is 3.17. The first kappa shape index (κ1) is 12.3. The molecule has 1 N–H and O–H groups in total. The third-order valence-corrected chi connectivity index (χ3v) is 3.14. The van der Waals surface area contributed by atoms with E-state index < -0.39 is 0 Å². The lowest BCUT2D eigenvalue weighted by molar-refractivity contribution is 0.871. The van der Waals surface area contributed by atoms with Gasteiger partial charge in [-0.05, 0) is 24.6 Å². The second kappa shape index (κ2) is 5.47. The van der Waals surface area contributed by atoms with E-state index in [0.29, 0.717) is 10.8 Å². The van der Waals surface area contributed by atoms with Crippen molar-refractivity contribution in [2.45, 2.75) is 13.0 Å². The molecule has 0 bridgehead atoms. The normalized spacial score (nSPS) is 12.2. The molecule has 0 aliphatic carbocycles. The fourth-order valence-corrected chi connectivity index (χ4v) is 2.06. The topological polar surface area (TPSA) is 37.8 Å². The van der Waals surface area contributed by atoms with Crippen molar-refractivity contribution < 1.29 is 0 Å². The number of hydrogen-bond donors (Lipinski definition) is 1. The van der Waals surface area contributed by atoms with E-state index in [9.17, 15) is 0 Å². The average molecular weight is 313 g/mol. The maximum absolute atomic E-state index is 5.99. The lowest BCUT2D eigenvalue weighted by atomic mass is 10.1. The largest absolute Gasteiger partial charge is 0.362 e. The molecule has 1 atom stereocenters. The molecular weight excluding hydrogens is 302 g/mol. The standard InChI is InChI=1S/C12H11BrClN3/c1-8(9-3-2-4-10(13)5-9)17-12-11(14)6-15-7-16-12/h2-8H,1H3,(H,15,16,17). The van der Waals surface area contributed by atoms with Crippen molar-refractivity contribution in [1.29, 1.82) is 0 Å². The molecule has 1 heterocycles. The highest BCUT2D eigenvalue weighted by molar-refractivity contribution is 9.10. The highest BCUT2D eigenvalue weighted by atomic mass is 79.9. The Morgan fingerprint density at radius 1 is 1.41 bits per heavy atom. The molecule has 0 fully saturated rings. The van der Waals surface area contributed by atoms with E-state index in [4.69, 9.17) is 11.6 Å². The summed E-state index contributed by atoms with van der Waals surface area (Å²) in [6.45, 7) is 2.06. The van der Waals surface area contributed by atoms with E-state index >= 15 is 0 Å². The lowest BCUT2D eigenvalue weighted by Crippen LogP contribution is -2.08. The lowest BCUT2D eigenvalue weighted by Gasteiger charge is -2.15. The summed E-state index contributed by atoms with van der Waals surface area (Å²) in [6, 6.07) is 8.23. The van der Waals surface area contributed by atoms with E-state index in [-0.39, 0.29) is 6.04 Å². The number of aromatic nitrogens is 2. The molecule has 0 radical (unpaired) electrons. The van der Waals surface area contributed by atoms with E-state index in [1.807, 2.05) is 12.1 Å². The first-order valence-corrected chi connectivity index (χ1v) is 6.31. The first-order chi connectivity index (χ1) is 8.16. The van der Waals surface area contributed by atoms with Crippen molar-refractivity contribution in [2.24, 2.45) is 0 Å². The highest BCUT2D eigenvalue weighted by Crippen LogP contribution is 2.24. The van der Waals surface area contributed by atoms with E-state index in [1.54, 1.807) is 6.20 Å². The van der Waals surface area contributed by atoms with Gasteiger partial charge in [0.1, 0.15) is 17.2 Å². The van der Waals surface area contributed by atoms with Gasteiger partial charge in [0.05, 0.1) is 12.2 Å². The van der Waals surface area contributed by atoms with E-state index in [2.05, 4.69) is 50.3 Å². The molecule has 0 saturated carbocycles. The van der Waals surface area contributed by atoms with E-state index in [1.165, 1.54) is 6.33 Å². The van der Waals surface area contributed by atoms with Crippen LogP contribution in [0.1, 0.15) is 18.5 Å². The Bertz CT molecular complexity index is 519. The Morgan fingerprint density at radius 2 is 2.24 bits per heavy atom. The summed E-state index contributed by atoms with van der Waals surface area (Å²) in [7, 11) is 0. The minimum absolute atomic E-state index is 0.125. The SMILES string of the molecule is CC(Nc1ncncc1Cl)c1cccc(Br)c1. The van der Waals surface area contributed by atoms with Gasteiger partial charge in [0.2, 0.25) is 0 Å². The van der Waals surface area contributed by atoms with Crippen molar-refractivity contribution in [2.75, 3.05) is 5.32 Å². The first-order valence-electron chi connectivity index (χ1n) is 5.14. The Balaban J connectivity index is 2.17. The average Bonchev–Trinajstić information content (AvgIpc) is 2.32. The van der Waals surface area contributed by atoms with Crippen LogP contribution in [0, 0.1) is 0 Å². The predicted molar refractivity (Wildman–Crippen MR) is 73.2 cm³/mol. The molecule has 0 spiro atoms. The fourth-order valence-electron chi connectivity index (χ4n) is 1.48. The molecule has 0 aliphatic heterocycles. The van der Waals surface area contributed by atoms with Crippen LogP contribution in [0.5, 0.6) is 0 Å². The van der Waals surface area contributed by atoms with Crippen LogP contribution in [0.2, 0.25) is 5.02 Å². The van der Waals surface area contributed by atoms with Crippen molar-refractivity contribution in [3.05, 3.63) is 51.8 Å². The summed E-state index contributed by atoms with van der Waals surface area (Å²) in [5.74, 6) is 0.647. The molecule has 0 aliphatic rings. The summed E-state index contributed by atoms with van der Waals surface area (Å²) in [5, 5.41) is 3.77. The van der Waals surface area contributed by atoms with Crippen LogP contribution in [-0.2, 0) is 0 Å². The molecule has 2 rings (SSSR count). The molecule has 0 saturated heterocycles. The number of benzene rings is 1. The summed E-state index contributed by atoms with van der Waals surface area (Å²) in [4.78, 5) is 7.95. The second-order valence-electron chi connectivity index (χ2n) is 3.64. The Labute approximate surface area is 113 Å². The zero-order chi connectivity index (χ0) is 12.3. The number of hydrogen-bond acceptors (Lipinski definition) is 3. The van der Waals surface area contributed by atoms with Crippen molar-refractivity contribution >= 4 is 33.3 Å². The molecule has 2 aromatic rings. The summed E-state index contributed by atoms with van der Waals surface area (Å²) >= 11 is 9.44. The summed E-state index contributed by atoms with van der Waals surface area (Å²) in [6.07, 6.45) is 3.05. The van der Waals surface area contributed by atoms with Crippen molar-refractivity contribution in [3.63, 3.8) is 0 Å². The van der Waals surface area contributed by atoms with Crippen LogP contribution in [0.3, 0.4) is 0 Å². The number of rotatable bonds is 3. The van der Waals surface area contributed by atoms with Crippen LogP contribution in [0.4, 0.5) is 5.82 Å². The van der Waals surface area contributed by atoms with Gasteiger partial charge in [0, 0.05) is 4.47 Å². The Morgan fingerprint density at radius 3 is 2.94 bits per heavy atom. The van der Waals surface area contributed by atoms with Crippen LogP contribution in [0.15, 0.2) is 41.3 Å². The van der Waals surface area contributed by atoms with Gasteiger partial charge in [-0.3, -0.25) is 0 Å². The maximum Gasteiger partial charge on any atom is 0.148 e.